The molecule has 1 N–H and O–H groups in total. The monoisotopic (exact) mass is 408 g/mol. The summed E-state index contributed by atoms with van der Waals surface area (Å²) >= 11 is 0. The molecule has 1 amide bonds. The van der Waals surface area contributed by atoms with E-state index in [2.05, 4.69) is 10.3 Å². The van der Waals surface area contributed by atoms with E-state index in [4.69, 9.17) is 4.74 Å². The molecule has 2 rings (SSSR count). The van der Waals surface area contributed by atoms with E-state index in [1.165, 1.54) is 30.3 Å². The number of alkyl halides is 2. The van der Waals surface area contributed by atoms with Gasteiger partial charge in [0.1, 0.15) is 17.1 Å². The zero-order valence-electron chi connectivity index (χ0n) is 16.8. The third-order valence-corrected chi connectivity index (χ3v) is 3.95. The van der Waals surface area contributed by atoms with Gasteiger partial charge in [-0.25, -0.2) is 22.9 Å². The molecule has 0 aliphatic heterocycles. The van der Waals surface area contributed by atoms with Crippen molar-refractivity contribution in [2.45, 2.75) is 52.2 Å². The molecule has 0 fully saturated rings. The first-order valence-electron chi connectivity index (χ1n) is 8.90. The van der Waals surface area contributed by atoms with Crippen LogP contribution in [0.4, 0.5) is 18.0 Å². The fourth-order valence-corrected chi connectivity index (χ4v) is 2.53. The van der Waals surface area contributed by atoms with E-state index in [1.54, 1.807) is 40.7 Å². The topological polar surface area (TPSA) is 68.3 Å². The fourth-order valence-electron chi connectivity index (χ4n) is 2.53. The summed E-state index contributed by atoms with van der Waals surface area (Å²) in [5, 5.41) is 2.66. The maximum Gasteiger partial charge on any atom is 0.408 e. The minimum atomic E-state index is -3.24. The van der Waals surface area contributed by atoms with Crippen LogP contribution in [0.2, 0.25) is 0 Å². The standard InChI is InChI=1S/C21H23F3N2O3/c1-20(2,3)29-19(28)26-21(4,5)13-10-15(12-6-8-14(22)9-7-12)25-16(11-13)17(27)18(23)24/h6-11,18H,1-5H3,(H,26,28). The lowest BCUT2D eigenvalue weighted by Crippen LogP contribution is -2.44. The van der Waals surface area contributed by atoms with E-state index in [0.717, 1.165) is 0 Å². The van der Waals surface area contributed by atoms with Gasteiger partial charge >= 0.3 is 12.5 Å². The Kier molecular flexibility index (Phi) is 6.35. The molecule has 1 aromatic heterocycles. The van der Waals surface area contributed by atoms with Crippen molar-refractivity contribution < 1.29 is 27.5 Å². The van der Waals surface area contributed by atoms with E-state index >= 15 is 0 Å². The van der Waals surface area contributed by atoms with Gasteiger partial charge in [-0.05, 0) is 76.6 Å². The van der Waals surface area contributed by atoms with Gasteiger partial charge in [-0.2, -0.15) is 0 Å². The molecule has 0 atom stereocenters. The number of ether oxygens (including phenoxy) is 1. The van der Waals surface area contributed by atoms with E-state index in [1.807, 2.05) is 0 Å². The van der Waals surface area contributed by atoms with Crippen molar-refractivity contribution in [3.8, 4) is 11.3 Å². The second-order valence-corrected chi connectivity index (χ2v) is 8.05. The van der Waals surface area contributed by atoms with Crippen LogP contribution < -0.4 is 5.32 Å². The minimum Gasteiger partial charge on any atom is -0.444 e. The smallest absolute Gasteiger partial charge is 0.408 e. The molecule has 0 saturated carbocycles. The van der Waals surface area contributed by atoms with Crippen LogP contribution in [0.25, 0.3) is 11.3 Å². The number of nitrogens with one attached hydrogen (secondary N) is 1. The van der Waals surface area contributed by atoms with Crippen molar-refractivity contribution in [2.75, 3.05) is 0 Å². The van der Waals surface area contributed by atoms with Gasteiger partial charge in [-0.15, -0.1) is 0 Å². The Balaban J connectivity index is 2.50. The number of benzene rings is 1. The van der Waals surface area contributed by atoms with Crippen molar-refractivity contribution in [1.29, 1.82) is 0 Å². The molecule has 0 aliphatic rings. The van der Waals surface area contributed by atoms with Gasteiger partial charge in [0.05, 0.1) is 11.2 Å². The molecule has 1 heterocycles. The highest BCUT2D eigenvalue weighted by Gasteiger charge is 2.29. The molecule has 5 nitrogen and oxygen atoms in total. The zero-order valence-corrected chi connectivity index (χ0v) is 16.8. The van der Waals surface area contributed by atoms with E-state index in [0.29, 0.717) is 11.1 Å². The van der Waals surface area contributed by atoms with E-state index < -0.39 is 41.0 Å². The molecular formula is C21H23F3N2O3. The van der Waals surface area contributed by atoms with Crippen LogP contribution >= 0.6 is 0 Å². The molecule has 0 aliphatic carbocycles. The average Bonchev–Trinajstić information content (AvgIpc) is 2.59. The van der Waals surface area contributed by atoms with Crippen LogP contribution in [0, 0.1) is 5.82 Å². The lowest BCUT2D eigenvalue weighted by atomic mass is 9.92. The molecule has 29 heavy (non-hydrogen) atoms. The second kappa shape index (κ2) is 8.23. The highest BCUT2D eigenvalue weighted by molar-refractivity contribution is 5.97. The largest absolute Gasteiger partial charge is 0.444 e. The molecule has 8 heteroatoms. The number of amides is 1. The normalized spacial score (nSPS) is 12.0. The number of halogens is 3. The van der Waals surface area contributed by atoms with Crippen LogP contribution in [0.15, 0.2) is 36.4 Å². The third kappa shape index (κ3) is 6.04. The lowest BCUT2D eigenvalue weighted by Gasteiger charge is -2.29. The quantitative estimate of drug-likeness (QED) is 0.700. The maximum absolute atomic E-state index is 13.2. The summed E-state index contributed by atoms with van der Waals surface area (Å²) < 4.78 is 44.5. The summed E-state index contributed by atoms with van der Waals surface area (Å²) in [4.78, 5) is 28.1. The molecular weight excluding hydrogens is 385 g/mol. The SMILES string of the molecule is CC(C)(C)OC(=O)NC(C)(C)c1cc(C(=O)C(F)F)nc(-c2ccc(F)cc2)c1. The summed E-state index contributed by atoms with van der Waals surface area (Å²) in [7, 11) is 0. The first-order chi connectivity index (χ1) is 13.3. The van der Waals surface area contributed by atoms with Crippen LogP contribution in [-0.2, 0) is 10.3 Å². The number of nitrogens with zero attached hydrogens (tertiary/aromatic N) is 1. The Labute approximate surface area is 167 Å². The number of carbonyl (C=O) groups is 2. The number of Topliss-reactive ketones (excluding diaryl/α,β-unsaturated/α-hetero) is 1. The first kappa shape index (κ1) is 22.4. The molecule has 0 bridgehead atoms. The molecule has 156 valence electrons. The number of aromatic nitrogens is 1. The predicted molar refractivity (Wildman–Crippen MR) is 102 cm³/mol. The zero-order chi connectivity index (χ0) is 22.0. The van der Waals surface area contributed by atoms with Gasteiger partial charge in [-0.1, -0.05) is 0 Å². The molecule has 0 unspecified atom stereocenters. The van der Waals surface area contributed by atoms with Crippen LogP contribution in [-0.4, -0.2) is 28.9 Å². The molecule has 2 aromatic rings. The molecule has 0 spiro atoms. The fraction of sp³-hybridized carbons (Fsp3) is 0.381. The summed E-state index contributed by atoms with van der Waals surface area (Å²) in [5.74, 6) is -1.91. The van der Waals surface area contributed by atoms with E-state index in [9.17, 15) is 22.8 Å². The van der Waals surface area contributed by atoms with Crippen molar-refractivity contribution in [1.82, 2.24) is 10.3 Å². The molecule has 0 saturated heterocycles. The highest BCUT2D eigenvalue weighted by atomic mass is 19.3. The number of carbonyl (C=O) groups excluding carboxylic acids is 2. The minimum absolute atomic E-state index is 0.200. The van der Waals surface area contributed by atoms with Gasteiger partial charge in [0.2, 0.25) is 5.78 Å². The first-order valence-corrected chi connectivity index (χ1v) is 8.90. The van der Waals surface area contributed by atoms with Crippen molar-refractivity contribution in [2.24, 2.45) is 0 Å². The summed E-state index contributed by atoms with van der Waals surface area (Å²) in [6.45, 7) is 8.39. The van der Waals surface area contributed by atoms with Gasteiger partial charge < -0.3 is 10.1 Å². The maximum atomic E-state index is 13.2. The van der Waals surface area contributed by atoms with Crippen molar-refractivity contribution in [3.63, 3.8) is 0 Å². The number of rotatable bonds is 5. The lowest BCUT2D eigenvalue weighted by molar-refractivity contribution is 0.0470. The Morgan fingerprint density at radius 2 is 1.62 bits per heavy atom. The Morgan fingerprint density at radius 1 is 1.03 bits per heavy atom. The van der Waals surface area contributed by atoms with Crippen molar-refractivity contribution in [3.05, 3.63) is 53.5 Å². The molecule has 0 radical (unpaired) electrons. The third-order valence-electron chi connectivity index (χ3n) is 3.95. The van der Waals surface area contributed by atoms with Crippen LogP contribution in [0.3, 0.4) is 0 Å². The Bertz CT molecular complexity index is 904. The highest BCUT2D eigenvalue weighted by Crippen LogP contribution is 2.27. The van der Waals surface area contributed by atoms with Gasteiger partial charge in [0, 0.05) is 5.56 Å². The van der Waals surface area contributed by atoms with E-state index in [-0.39, 0.29) is 5.69 Å². The number of ketones is 1. The second-order valence-electron chi connectivity index (χ2n) is 8.05. The summed E-state index contributed by atoms with van der Waals surface area (Å²) in [5.41, 5.74) is -1.25. The van der Waals surface area contributed by atoms with Gasteiger partial charge in [-0.3, -0.25) is 4.79 Å². The predicted octanol–water partition coefficient (Wildman–Crippen LogP) is 5.10. The molecule has 1 aromatic carbocycles. The van der Waals surface area contributed by atoms with Crippen LogP contribution in [0.5, 0.6) is 0 Å². The van der Waals surface area contributed by atoms with Crippen LogP contribution in [0.1, 0.15) is 50.7 Å². The number of alkyl carbamates (subject to hydrolysis) is 1. The summed E-state index contributed by atoms with van der Waals surface area (Å²) in [6, 6.07) is 8.00. The number of pyridine rings is 1. The average molecular weight is 408 g/mol. The van der Waals surface area contributed by atoms with Gasteiger partial charge in [0.15, 0.2) is 0 Å². The Hall–Kier alpha value is -2.90. The number of hydrogen-bond donors (Lipinski definition) is 1. The van der Waals surface area contributed by atoms with Gasteiger partial charge in [0.25, 0.3) is 0 Å². The summed E-state index contributed by atoms with van der Waals surface area (Å²) in [6.07, 6.45) is -3.94. The number of hydrogen-bond acceptors (Lipinski definition) is 4. The van der Waals surface area contributed by atoms with Crippen molar-refractivity contribution >= 4 is 11.9 Å². The Morgan fingerprint density at radius 3 is 2.14 bits per heavy atom.